The van der Waals surface area contributed by atoms with Gasteiger partial charge in [-0.1, -0.05) is 38.8 Å². The molecule has 0 aliphatic carbocycles. The summed E-state index contributed by atoms with van der Waals surface area (Å²) in [6, 6.07) is 7.85. The number of carbonyl (C=O) groups excluding carboxylic acids is 1. The lowest BCUT2D eigenvalue weighted by Crippen LogP contribution is -2.49. The van der Waals surface area contributed by atoms with Crippen LogP contribution in [0.3, 0.4) is 0 Å². The highest BCUT2D eigenvalue weighted by molar-refractivity contribution is 14.0. The van der Waals surface area contributed by atoms with Crippen LogP contribution >= 0.6 is 24.0 Å². The van der Waals surface area contributed by atoms with Gasteiger partial charge in [0.2, 0.25) is 5.91 Å². The van der Waals surface area contributed by atoms with Crippen LogP contribution in [0.1, 0.15) is 62.4 Å². The van der Waals surface area contributed by atoms with Gasteiger partial charge in [-0.15, -0.1) is 24.0 Å². The van der Waals surface area contributed by atoms with Crippen molar-refractivity contribution < 1.29 is 4.79 Å². The molecule has 1 atom stereocenters. The largest absolute Gasteiger partial charge is 0.366 e. The molecule has 7 heteroatoms. The van der Waals surface area contributed by atoms with E-state index in [1.54, 1.807) is 6.07 Å². The minimum Gasteiger partial charge on any atom is -0.366 e. The number of rotatable bonds is 8. The fourth-order valence-electron chi connectivity index (χ4n) is 3.75. The molecule has 1 aromatic carbocycles. The van der Waals surface area contributed by atoms with Gasteiger partial charge in [0.25, 0.3) is 0 Å². The van der Waals surface area contributed by atoms with Crippen LogP contribution in [-0.4, -0.2) is 49.0 Å². The molecule has 0 aromatic heterocycles. The fourth-order valence-corrected chi connectivity index (χ4v) is 3.75. The number of nitrogens with zero attached hydrogens (tertiary/aromatic N) is 2. The second kappa shape index (κ2) is 13.8. The Hall–Kier alpha value is -1.35. The van der Waals surface area contributed by atoms with Gasteiger partial charge < -0.3 is 16.4 Å². The summed E-state index contributed by atoms with van der Waals surface area (Å²) in [6.07, 6.45) is 5.30. The second-order valence-corrected chi connectivity index (χ2v) is 7.90. The molecule has 1 unspecified atom stereocenters. The minimum absolute atomic E-state index is 0. The maximum atomic E-state index is 11.4. The monoisotopic (exact) mass is 515 g/mol. The summed E-state index contributed by atoms with van der Waals surface area (Å²) in [4.78, 5) is 18.7. The summed E-state index contributed by atoms with van der Waals surface area (Å²) in [5.74, 6) is 0.987. The summed E-state index contributed by atoms with van der Waals surface area (Å²) in [6.45, 7) is 11.3. The predicted octanol–water partition coefficient (Wildman–Crippen LogP) is 3.36. The Morgan fingerprint density at radius 3 is 2.45 bits per heavy atom. The van der Waals surface area contributed by atoms with Gasteiger partial charge in [-0.25, -0.2) is 4.99 Å². The van der Waals surface area contributed by atoms with E-state index in [2.05, 4.69) is 36.3 Å². The summed E-state index contributed by atoms with van der Waals surface area (Å²) in [5, 5.41) is 6.86. The molecule has 1 fully saturated rings. The lowest BCUT2D eigenvalue weighted by Gasteiger charge is -2.34. The van der Waals surface area contributed by atoms with Crippen LogP contribution in [0, 0.1) is 5.92 Å². The number of nitrogens with one attached hydrogen (secondary N) is 2. The molecule has 1 saturated heterocycles. The number of aliphatic imine (C=N–C) groups is 1. The molecule has 6 nitrogen and oxygen atoms in total. The van der Waals surface area contributed by atoms with Gasteiger partial charge in [-0.05, 0) is 56.5 Å². The van der Waals surface area contributed by atoms with E-state index in [1.807, 2.05) is 18.2 Å². The Morgan fingerprint density at radius 1 is 1.17 bits per heavy atom. The molecule has 0 saturated carbocycles. The highest BCUT2D eigenvalue weighted by Crippen LogP contribution is 2.17. The summed E-state index contributed by atoms with van der Waals surface area (Å²) < 4.78 is 0. The van der Waals surface area contributed by atoms with Crippen LogP contribution in [0.25, 0.3) is 0 Å². The number of nitrogens with two attached hydrogens (primary N) is 1. The van der Waals surface area contributed by atoms with Gasteiger partial charge >= 0.3 is 0 Å². The van der Waals surface area contributed by atoms with Crippen molar-refractivity contribution in [3.63, 3.8) is 0 Å². The Kier molecular flexibility index (Phi) is 12.2. The van der Waals surface area contributed by atoms with Crippen molar-refractivity contribution >= 4 is 35.8 Å². The third kappa shape index (κ3) is 8.90. The van der Waals surface area contributed by atoms with Crippen molar-refractivity contribution in [1.29, 1.82) is 0 Å². The van der Waals surface area contributed by atoms with Gasteiger partial charge in [0.1, 0.15) is 0 Å². The van der Waals surface area contributed by atoms with Crippen LogP contribution in [0.15, 0.2) is 29.3 Å². The van der Waals surface area contributed by atoms with E-state index in [4.69, 9.17) is 10.7 Å². The topological polar surface area (TPSA) is 82.7 Å². The Morgan fingerprint density at radius 2 is 1.86 bits per heavy atom. The third-order valence-corrected chi connectivity index (χ3v) is 5.33. The van der Waals surface area contributed by atoms with E-state index in [9.17, 15) is 4.79 Å². The molecule has 1 aliphatic heterocycles. The average molecular weight is 515 g/mol. The molecular formula is C22H38IN5O. The fraction of sp³-hybridized carbons (Fsp3) is 0.636. The van der Waals surface area contributed by atoms with Crippen molar-refractivity contribution in [2.45, 2.75) is 59.0 Å². The van der Waals surface area contributed by atoms with Crippen molar-refractivity contribution in [1.82, 2.24) is 15.5 Å². The molecule has 0 radical (unpaired) electrons. The number of likely N-dealkylation sites (tertiary alicyclic amines) is 1. The standard InChI is InChI=1S/C22H37N5O.HI/c1-4-24-22(25-15-18-10-9-11-19(14-18)21(23)28)26-16-20(17(2)3)27-12-7-5-6-8-13-27;/h9-11,14,17,20H,4-8,12-13,15-16H2,1-3H3,(H2,23,28)(H2,24,25,26);1H. The van der Waals surface area contributed by atoms with E-state index in [1.165, 1.54) is 38.8 Å². The maximum Gasteiger partial charge on any atom is 0.248 e. The van der Waals surface area contributed by atoms with Crippen molar-refractivity contribution in [2.75, 3.05) is 26.2 Å². The number of halogens is 1. The maximum absolute atomic E-state index is 11.4. The molecule has 1 aromatic rings. The van der Waals surface area contributed by atoms with E-state index in [0.29, 0.717) is 24.1 Å². The lowest BCUT2D eigenvalue weighted by molar-refractivity contribution is 0.1000. The SMILES string of the molecule is CCNC(=NCc1cccc(C(N)=O)c1)NCC(C(C)C)N1CCCCCC1.I. The van der Waals surface area contributed by atoms with E-state index < -0.39 is 5.91 Å². The van der Waals surface area contributed by atoms with Crippen molar-refractivity contribution in [3.05, 3.63) is 35.4 Å². The summed E-state index contributed by atoms with van der Waals surface area (Å²) in [5.41, 5.74) is 6.87. The van der Waals surface area contributed by atoms with Gasteiger partial charge in [-0.2, -0.15) is 0 Å². The van der Waals surface area contributed by atoms with Crippen LogP contribution < -0.4 is 16.4 Å². The first-order valence-corrected chi connectivity index (χ1v) is 10.7. The molecular weight excluding hydrogens is 477 g/mol. The molecule has 2 rings (SSSR count). The zero-order chi connectivity index (χ0) is 20.4. The third-order valence-electron chi connectivity index (χ3n) is 5.33. The lowest BCUT2D eigenvalue weighted by atomic mass is 10.0. The number of amides is 1. The first kappa shape index (κ1) is 25.7. The summed E-state index contributed by atoms with van der Waals surface area (Å²) >= 11 is 0. The molecule has 1 amide bonds. The van der Waals surface area contributed by atoms with E-state index in [-0.39, 0.29) is 24.0 Å². The minimum atomic E-state index is -0.409. The number of hydrogen-bond donors (Lipinski definition) is 3. The van der Waals surface area contributed by atoms with E-state index >= 15 is 0 Å². The van der Waals surface area contributed by atoms with Gasteiger partial charge in [0, 0.05) is 24.7 Å². The zero-order valence-corrected chi connectivity index (χ0v) is 20.4. The average Bonchev–Trinajstić information content (AvgIpc) is 2.95. The Labute approximate surface area is 193 Å². The number of guanidine groups is 1. The second-order valence-electron chi connectivity index (χ2n) is 7.90. The van der Waals surface area contributed by atoms with Crippen LogP contribution in [-0.2, 0) is 6.54 Å². The molecule has 0 bridgehead atoms. The summed E-state index contributed by atoms with van der Waals surface area (Å²) in [7, 11) is 0. The highest BCUT2D eigenvalue weighted by atomic mass is 127. The molecule has 0 spiro atoms. The van der Waals surface area contributed by atoms with Crippen molar-refractivity contribution in [2.24, 2.45) is 16.6 Å². The number of primary amides is 1. The molecule has 164 valence electrons. The van der Waals surface area contributed by atoms with Gasteiger partial charge in [0.15, 0.2) is 5.96 Å². The predicted molar refractivity (Wildman–Crippen MR) is 132 cm³/mol. The number of carbonyl (C=O) groups is 1. The molecule has 1 aliphatic rings. The first-order valence-electron chi connectivity index (χ1n) is 10.7. The van der Waals surface area contributed by atoms with Gasteiger partial charge in [0.05, 0.1) is 6.54 Å². The molecule has 1 heterocycles. The smallest absolute Gasteiger partial charge is 0.248 e. The van der Waals surface area contributed by atoms with Crippen LogP contribution in [0.4, 0.5) is 0 Å². The zero-order valence-electron chi connectivity index (χ0n) is 18.1. The quantitative estimate of drug-likeness (QED) is 0.282. The Bertz CT molecular complexity index is 642. The normalized spacial score (nSPS) is 16.6. The Balaban J connectivity index is 0.00000420. The van der Waals surface area contributed by atoms with Gasteiger partial charge in [-0.3, -0.25) is 9.69 Å². The first-order chi connectivity index (χ1) is 13.5. The molecule has 29 heavy (non-hydrogen) atoms. The van der Waals surface area contributed by atoms with Crippen LogP contribution in [0.5, 0.6) is 0 Å². The number of benzene rings is 1. The van der Waals surface area contributed by atoms with Crippen LogP contribution in [0.2, 0.25) is 0 Å². The van der Waals surface area contributed by atoms with Crippen molar-refractivity contribution in [3.8, 4) is 0 Å². The molecule has 4 N–H and O–H groups in total. The highest BCUT2D eigenvalue weighted by Gasteiger charge is 2.22. The number of hydrogen-bond acceptors (Lipinski definition) is 3. The van der Waals surface area contributed by atoms with E-state index in [0.717, 1.165) is 24.6 Å².